The summed E-state index contributed by atoms with van der Waals surface area (Å²) in [7, 11) is -2.13. The minimum atomic E-state index is -3.65. The zero-order chi connectivity index (χ0) is 15.2. The Morgan fingerprint density at radius 1 is 1.50 bits per heavy atom. The predicted octanol–water partition coefficient (Wildman–Crippen LogP) is 1.87. The summed E-state index contributed by atoms with van der Waals surface area (Å²) in [6, 6.07) is 1.05. The van der Waals surface area contributed by atoms with Crippen LogP contribution in [0.4, 0.5) is 5.82 Å². The average Bonchev–Trinajstić information content (AvgIpc) is 2.36. The third kappa shape index (κ3) is 4.90. The number of hydrogen-bond donors (Lipinski definition) is 2. The van der Waals surface area contributed by atoms with E-state index in [1.807, 2.05) is 6.92 Å². The Labute approximate surface area is 124 Å². The van der Waals surface area contributed by atoms with E-state index in [4.69, 9.17) is 16.3 Å². The number of sulfonamides is 1. The number of nitrogens with zero attached hydrogens (tertiary/aromatic N) is 1. The lowest BCUT2D eigenvalue weighted by Gasteiger charge is -2.14. The van der Waals surface area contributed by atoms with Gasteiger partial charge in [0.2, 0.25) is 10.0 Å². The number of rotatable bonds is 8. The topological polar surface area (TPSA) is 80.3 Å². The van der Waals surface area contributed by atoms with Gasteiger partial charge in [-0.1, -0.05) is 18.5 Å². The molecule has 0 aliphatic rings. The van der Waals surface area contributed by atoms with Crippen molar-refractivity contribution in [2.75, 3.05) is 25.6 Å². The molecule has 1 unspecified atom stereocenters. The molecule has 0 saturated heterocycles. The second kappa shape index (κ2) is 7.78. The van der Waals surface area contributed by atoms with Crippen molar-refractivity contribution in [2.24, 2.45) is 0 Å². The fourth-order valence-corrected chi connectivity index (χ4v) is 3.05. The molecule has 0 aromatic carbocycles. The van der Waals surface area contributed by atoms with Crippen LogP contribution in [-0.2, 0) is 14.8 Å². The Kier molecular flexibility index (Phi) is 6.67. The molecule has 1 rings (SSSR count). The van der Waals surface area contributed by atoms with Gasteiger partial charge in [0.15, 0.2) is 0 Å². The quantitative estimate of drug-likeness (QED) is 0.764. The summed E-state index contributed by atoms with van der Waals surface area (Å²) in [6.07, 6.45) is 2.21. The maximum atomic E-state index is 12.1. The molecule has 20 heavy (non-hydrogen) atoms. The van der Waals surface area contributed by atoms with E-state index in [0.29, 0.717) is 5.82 Å². The smallest absolute Gasteiger partial charge is 0.242 e. The van der Waals surface area contributed by atoms with E-state index in [-0.39, 0.29) is 22.6 Å². The van der Waals surface area contributed by atoms with Gasteiger partial charge in [0, 0.05) is 25.9 Å². The molecule has 0 radical (unpaired) electrons. The van der Waals surface area contributed by atoms with Gasteiger partial charge >= 0.3 is 0 Å². The molecule has 8 heteroatoms. The van der Waals surface area contributed by atoms with Crippen molar-refractivity contribution in [2.45, 2.75) is 31.2 Å². The van der Waals surface area contributed by atoms with Gasteiger partial charge in [-0.3, -0.25) is 0 Å². The van der Waals surface area contributed by atoms with Crippen LogP contribution in [0, 0.1) is 0 Å². The second-order valence-corrected chi connectivity index (χ2v) is 6.53. The van der Waals surface area contributed by atoms with E-state index in [1.165, 1.54) is 19.4 Å². The Morgan fingerprint density at radius 2 is 2.20 bits per heavy atom. The summed E-state index contributed by atoms with van der Waals surface area (Å²) >= 11 is 6.03. The number of methoxy groups -OCH3 is 1. The van der Waals surface area contributed by atoms with Gasteiger partial charge in [-0.2, -0.15) is 0 Å². The number of ether oxygens (including phenoxy) is 1. The van der Waals surface area contributed by atoms with Gasteiger partial charge in [0.05, 0.1) is 11.6 Å². The predicted molar refractivity (Wildman–Crippen MR) is 79.7 cm³/mol. The summed E-state index contributed by atoms with van der Waals surface area (Å²) in [5.41, 5.74) is 0. The molecular weight excluding hydrogens is 302 g/mol. The molecule has 1 aromatic heterocycles. The van der Waals surface area contributed by atoms with Crippen molar-refractivity contribution in [3.05, 3.63) is 17.3 Å². The summed E-state index contributed by atoms with van der Waals surface area (Å²) in [6.45, 7) is 4.74. The van der Waals surface area contributed by atoms with Crippen molar-refractivity contribution in [3.63, 3.8) is 0 Å². The summed E-state index contributed by atoms with van der Waals surface area (Å²) < 4.78 is 31.6. The molecule has 0 saturated carbocycles. The zero-order valence-corrected chi connectivity index (χ0v) is 13.4. The summed E-state index contributed by atoms with van der Waals surface area (Å²) in [4.78, 5) is 4.08. The molecule has 0 spiro atoms. The molecule has 0 aliphatic heterocycles. The highest BCUT2D eigenvalue weighted by Crippen LogP contribution is 2.22. The van der Waals surface area contributed by atoms with E-state index in [2.05, 4.69) is 15.0 Å². The maximum absolute atomic E-state index is 12.1. The highest BCUT2D eigenvalue weighted by molar-refractivity contribution is 7.89. The van der Waals surface area contributed by atoms with Crippen molar-refractivity contribution >= 4 is 27.4 Å². The van der Waals surface area contributed by atoms with Crippen LogP contribution in [0.5, 0.6) is 0 Å². The third-order valence-electron chi connectivity index (χ3n) is 2.44. The van der Waals surface area contributed by atoms with Gasteiger partial charge in [-0.05, 0) is 19.4 Å². The van der Waals surface area contributed by atoms with Crippen molar-refractivity contribution in [1.82, 2.24) is 9.71 Å². The van der Waals surface area contributed by atoms with Crippen molar-refractivity contribution in [1.29, 1.82) is 0 Å². The molecule has 2 N–H and O–H groups in total. The SMILES string of the molecule is CCCNc1ncc(S(=O)(=O)NC(C)COC)cc1Cl. The fourth-order valence-electron chi connectivity index (χ4n) is 1.56. The van der Waals surface area contributed by atoms with Crippen LogP contribution in [0.1, 0.15) is 20.3 Å². The Morgan fingerprint density at radius 3 is 2.75 bits per heavy atom. The Hall–Kier alpha value is -0.890. The summed E-state index contributed by atoms with van der Waals surface area (Å²) in [5.74, 6) is 0.484. The number of halogens is 1. The van der Waals surface area contributed by atoms with Gasteiger partial charge in [0.1, 0.15) is 10.7 Å². The van der Waals surface area contributed by atoms with Crippen LogP contribution in [-0.4, -0.2) is 39.7 Å². The highest BCUT2D eigenvalue weighted by Gasteiger charge is 2.19. The monoisotopic (exact) mass is 321 g/mol. The van der Waals surface area contributed by atoms with Crippen LogP contribution < -0.4 is 10.0 Å². The van der Waals surface area contributed by atoms with E-state index in [0.717, 1.165) is 13.0 Å². The number of aromatic nitrogens is 1. The minimum Gasteiger partial charge on any atom is -0.383 e. The molecule has 1 aromatic rings. The maximum Gasteiger partial charge on any atom is 0.242 e. The Bertz CT molecular complexity index is 537. The average molecular weight is 322 g/mol. The molecule has 114 valence electrons. The first-order valence-corrected chi connectivity index (χ1v) is 8.17. The van der Waals surface area contributed by atoms with Crippen molar-refractivity contribution < 1.29 is 13.2 Å². The first kappa shape index (κ1) is 17.2. The van der Waals surface area contributed by atoms with Gasteiger partial charge < -0.3 is 10.1 Å². The molecule has 0 fully saturated rings. The van der Waals surface area contributed by atoms with E-state index >= 15 is 0 Å². The Balaban J connectivity index is 2.88. The van der Waals surface area contributed by atoms with Crippen LogP contribution in [0.3, 0.4) is 0 Å². The lowest BCUT2D eigenvalue weighted by Crippen LogP contribution is -2.35. The number of pyridine rings is 1. The molecule has 1 atom stereocenters. The normalized spacial score (nSPS) is 13.2. The molecule has 6 nitrogen and oxygen atoms in total. The van der Waals surface area contributed by atoms with Crippen LogP contribution in [0.15, 0.2) is 17.2 Å². The first-order chi connectivity index (χ1) is 9.40. The second-order valence-electron chi connectivity index (χ2n) is 4.41. The molecule has 1 heterocycles. The number of anilines is 1. The van der Waals surface area contributed by atoms with Crippen LogP contribution >= 0.6 is 11.6 Å². The van der Waals surface area contributed by atoms with E-state index in [1.54, 1.807) is 6.92 Å². The zero-order valence-electron chi connectivity index (χ0n) is 11.8. The van der Waals surface area contributed by atoms with Gasteiger partial charge in [0.25, 0.3) is 0 Å². The number of hydrogen-bond acceptors (Lipinski definition) is 5. The molecule has 0 aliphatic carbocycles. The van der Waals surface area contributed by atoms with E-state index in [9.17, 15) is 8.42 Å². The number of nitrogens with one attached hydrogen (secondary N) is 2. The minimum absolute atomic E-state index is 0.0347. The molecular formula is C12H20ClN3O3S. The van der Waals surface area contributed by atoms with Gasteiger partial charge in [-0.25, -0.2) is 18.1 Å². The summed E-state index contributed by atoms with van der Waals surface area (Å²) in [5, 5.41) is 3.30. The molecule has 0 amide bonds. The van der Waals surface area contributed by atoms with Crippen LogP contribution in [0.2, 0.25) is 5.02 Å². The first-order valence-electron chi connectivity index (χ1n) is 6.31. The van der Waals surface area contributed by atoms with Crippen LogP contribution in [0.25, 0.3) is 0 Å². The van der Waals surface area contributed by atoms with Crippen molar-refractivity contribution in [3.8, 4) is 0 Å². The standard InChI is InChI=1S/C12H20ClN3O3S/c1-4-5-14-12-11(13)6-10(7-15-12)20(17,18)16-9(2)8-19-3/h6-7,9,16H,4-5,8H2,1-3H3,(H,14,15). The lowest BCUT2D eigenvalue weighted by molar-refractivity contribution is 0.180. The largest absolute Gasteiger partial charge is 0.383 e. The third-order valence-corrected chi connectivity index (χ3v) is 4.29. The lowest BCUT2D eigenvalue weighted by atomic mass is 10.4. The fraction of sp³-hybridized carbons (Fsp3) is 0.583. The molecule has 0 bridgehead atoms. The highest BCUT2D eigenvalue weighted by atomic mass is 35.5. The van der Waals surface area contributed by atoms with E-state index < -0.39 is 10.0 Å². The van der Waals surface area contributed by atoms with Gasteiger partial charge in [-0.15, -0.1) is 0 Å².